The smallest absolute Gasteiger partial charge is 0.372 e. The van der Waals surface area contributed by atoms with Crippen molar-refractivity contribution in [3.05, 3.63) is 35.9 Å². The van der Waals surface area contributed by atoms with Crippen molar-refractivity contribution in [2.75, 3.05) is 6.61 Å². The molecule has 0 radical (unpaired) electrons. The van der Waals surface area contributed by atoms with Gasteiger partial charge < -0.3 is 15.2 Å². The highest BCUT2D eigenvalue weighted by Crippen LogP contribution is 2.33. The van der Waals surface area contributed by atoms with Gasteiger partial charge in [0, 0.05) is 6.42 Å². The summed E-state index contributed by atoms with van der Waals surface area (Å²) in [7, 11) is 0. The minimum atomic E-state index is -2.17. The van der Waals surface area contributed by atoms with Gasteiger partial charge in [0.1, 0.15) is 12.6 Å². The SMILES string of the molecule is O=C(Cc1ccccc1)N[C@H]1CON(C2(C(=O)O)CCC(=O)O2)C1=O. The first kappa shape index (κ1) is 16.9. The largest absolute Gasteiger partial charge is 0.477 e. The van der Waals surface area contributed by atoms with Gasteiger partial charge in [0.2, 0.25) is 5.91 Å². The van der Waals surface area contributed by atoms with E-state index in [1.54, 1.807) is 24.3 Å². The average molecular weight is 348 g/mol. The predicted molar refractivity (Wildman–Crippen MR) is 80.6 cm³/mol. The van der Waals surface area contributed by atoms with E-state index in [1.807, 2.05) is 6.07 Å². The summed E-state index contributed by atoms with van der Waals surface area (Å²) in [6, 6.07) is 7.92. The van der Waals surface area contributed by atoms with E-state index >= 15 is 0 Å². The standard InChI is InChI=1S/C16H16N2O7/c19-12(8-10-4-2-1-3-5-10)17-11-9-24-18(14(11)21)16(15(22)23)7-6-13(20)25-16/h1-5,11H,6-9H2,(H,17,19)(H,22,23)/t11-,16?/m0/s1. The van der Waals surface area contributed by atoms with Crippen LogP contribution in [0.5, 0.6) is 0 Å². The van der Waals surface area contributed by atoms with Crippen LogP contribution in [0.2, 0.25) is 0 Å². The van der Waals surface area contributed by atoms with Crippen molar-refractivity contribution in [1.82, 2.24) is 10.4 Å². The second-order valence-corrected chi connectivity index (χ2v) is 5.77. The van der Waals surface area contributed by atoms with E-state index in [1.165, 1.54) is 0 Å². The summed E-state index contributed by atoms with van der Waals surface area (Å²) in [5, 5.41) is 12.4. The monoisotopic (exact) mass is 348 g/mol. The molecule has 0 spiro atoms. The van der Waals surface area contributed by atoms with Crippen LogP contribution in [-0.2, 0) is 35.2 Å². The maximum Gasteiger partial charge on any atom is 0.372 e. The molecule has 2 N–H and O–H groups in total. The first-order valence-electron chi connectivity index (χ1n) is 7.68. The Kier molecular flexibility index (Phi) is 4.41. The molecule has 9 heteroatoms. The Labute approximate surface area is 142 Å². The number of hydroxylamine groups is 2. The number of carbonyl (C=O) groups excluding carboxylic acids is 3. The lowest BCUT2D eigenvalue weighted by Crippen LogP contribution is -2.56. The normalized spacial score (nSPS) is 25.8. The van der Waals surface area contributed by atoms with Crippen molar-refractivity contribution in [2.24, 2.45) is 0 Å². The number of carbonyl (C=O) groups is 4. The van der Waals surface area contributed by atoms with Crippen LogP contribution in [0, 0.1) is 0 Å². The summed E-state index contributed by atoms with van der Waals surface area (Å²) in [5.74, 6) is -3.39. The fourth-order valence-corrected chi connectivity index (χ4v) is 2.78. The molecule has 1 unspecified atom stereocenters. The first-order chi connectivity index (χ1) is 11.9. The summed E-state index contributed by atoms with van der Waals surface area (Å²) in [6.07, 6.45) is -0.272. The maximum atomic E-state index is 12.4. The Morgan fingerprint density at radius 2 is 2.00 bits per heavy atom. The van der Waals surface area contributed by atoms with E-state index in [9.17, 15) is 24.3 Å². The number of cyclic esters (lactones) is 1. The van der Waals surface area contributed by atoms with E-state index in [0.29, 0.717) is 5.06 Å². The minimum Gasteiger partial charge on any atom is -0.477 e. The molecule has 0 aromatic heterocycles. The Morgan fingerprint density at radius 1 is 1.28 bits per heavy atom. The number of nitrogens with one attached hydrogen (secondary N) is 1. The highest BCUT2D eigenvalue weighted by molar-refractivity contribution is 5.94. The summed E-state index contributed by atoms with van der Waals surface area (Å²) < 4.78 is 4.84. The van der Waals surface area contributed by atoms with Gasteiger partial charge in [0.15, 0.2) is 0 Å². The van der Waals surface area contributed by atoms with Gasteiger partial charge in [-0.05, 0) is 5.56 Å². The molecule has 0 aliphatic carbocycles. The van der Waals surface area contributed by atoms with Crippen LogP contribution < -0.4 is 5.32 Å². The number of rotatable bonds is 5. The van der Waals surface area contributed by atoms with Gasteiger partial charge in [0.05, 0.1) is 12.8 Å². The molecule has 9 nitrogen and oxygen atoms in total. The van der Waals surface area contributed by atoms with Crippen LogP contribution in [0.4, 0.5) is 0 Å². The van der Waals surface area contributed by atoms with E-state index in [4.69, 9.17) is 9.57 Å². The molecule has 1 aromatic rings. The molecular formula is C16H16N2O7. The summed E-state index contributed by atoms with van der Waals surface area (Å²) in [4.78, 5) is 52.5. The average Bonchev–Trinajstić information content (AvgIpc) is 3.13. The second kappa shape index (κ2) is 6.52. The molecule has 0 bridgehead atoms. The molecule has 2 saturated heterocycles. The van der Waals surface area contributed by atoms with E-state index in [-0.39, 0.29) is 25.9 Å². The summed E-state index contributed by atoms with van der Waals surface area (Å²) >= 11 is 0. The Bertz CT molecular complexity index is 720. The summed E-state index contributed by atoms with van der Waals surface area (Å²) in [6.45, 7) is -0.230. The van der Waals surface area contributed by atoms with Gasteiger partial charge in [-0.2, -0.15) is 5.06 Å². The number of esters is 1. The lowest BCUT2D eigenvalue weighted by Gasteiger charge is -2.30. The molecule has 2 fully saturated rings. The third kappa shape index (κ3) is 3.18. The molecule has 2 aliphatic rings. The lowest BCUT2D eigenvalue weighted by atomic mass is 10.1. The second-order valence-electron chi connectivity index (χ2n) is 5.77. The third-order valence-corrected chi connectivity index (χ3v) is 4.02. The number of amides is 2. The minimum absolute atomic E-state index is 0.0731. The van der Waals surface area contributed by atoms with Crippen molar-refractivity contribution in [2.45, 2.75) is 31.0 Å². The lowest BCUT2D eigenvalue weighted by molar-refractivity contribution is -0.256. The number of carboxylic acids is 1. The number of carboxylic acid groups (broad SMARTS) is 1. The fraction of sp³-hybridized carbons (Fsp3) is 0.375. The zero-order chi connectivity index (χ0) is 18.0. The van der Waals surface area contributed by atoms with Crippen molar-refractivity contribution < 1.29 is 33.9 Å². The zero-order valence-corrected chi connectivity index (χ0v) is 13.1. The van der Waals surface area contributed by atoms with Crippen LogP contribution in [0.1, 0.15) is 18.4 Å². The molecule has 2 amide bonds. The molecule has 2 atom stereocenters. The Hall–Kier alpha value is -2.94. The molecule has 3 rings (SSSR count). The van der Waals surface area contributed by atoms with E-state index < -0.39 is 35.5 Å². The topological polar surface area (TPSA) is 122 Å². The Morgan fingerprint density at radius 3 is 2.60 bits per heavy atom. The maximum absolute atomic E-state index is 12.4. The van der Waals surface area contributed by atoms with Crippen molar-refractivity contribution in [1.29, 1.82) is 0 Å². The zero-order valence-electron chi connectivity index (χ0n) is 13.1. The van der Waals surface area contributed by atoms with Gasteiger partial charge in [-0.25, -0.2) is 4.79 Å². The number of nitrogens with zero attached hydrogens (tertiary/aromatic N) is 1. The molecule has 1 aromatic carbocycles. The predicted octanol–water partition coefficient (Wildman–Crippen LogP) is -0.394. The third-order valence-electron chi connectivity index (χ3n) is 4.02. The van der Waals surface area contributed by atoms with Crippen molar-refractivity contribution in [3.63, 3.8) is 0 Å². The van der Waals surface area contributed by atoms with Gasteiger partial charge in [-0.3, -0.25) is 19.2 Å². The van der Waals surface area contributed by atoms with Crippen LogP contribution in [0.15, 0.2) is 30.3 Å². The highest BCUT2D eigenvalue weighted by atomic mass is 16.7. The van der Waals surface area contributed by atoms with Crippen LogP contribution in [0.25, 0.3) is 0 Å². The summed E-state index contributed by atoms with van der Waals surface area (Å²) in [5.41, 5.74) is -1.40. The van der Waals surface area contributed by atoms with Crippen molar-refractivity contribution >= 4 is 23.8 Å². The first-order valence-corrected chi connectivity index (χ1v) is 7.68. The van der Waals surface area contributed by atoms with Crippen molar-refractivity contribution in [3.8, 4) is 0 Å². The van der Waals surface area contributed by atoms with Gasteiger partial charge >= 0.3 is 17.7 Å². The molecule has 2 heterocycles. The molecule has 0 saturated carbocycles. The Balaban J connectivity index is 1.66. The van der Waals surface area contributed by atoms with E-state index in [0.717, 1.165) is 5.56 Å². The number of benzene rings is 1. The quantitative estimate of drug-likeness (QED) is 0.695. The van der Waals surface area contributed by atoms with Crippen LogP contribution in [-0.4, -0.2) is 52.3 Å². The van der Waals surface area contributed by atoms with Gasteiger partial charge in [-0.15, -0.1) is 0 Å². The van der Waals surface area contributed by atoms with Crippen LogP contribution in [0.3, 0.4) is 0 Å². The van der Waals surface area contributed by atoms with Gasteiger partial charge in [-0.1, -0.05) is 30.3 Å². The molecule has 132 valence electrons. The molecular weight excluding hydrogens is 332 g/mol. The fourth-order valence-electron chi connectivity index (χ4n) is 2.78. The number of hydrogen-bond acceptors (Lipinski definition) is 6. The van der Waals surface area contributed by atoms with Gasteiger partial charge in [0.25, 0.3) is 5.91 Å². The van der Waals surface area contributed by atoms with E-state index in [2.05, 4.69) is 5.32 Å². The molecule has 25 heavy (non-hydrogen) atoms. The molecule has 2 aliphatic heterocycles. The number of ether oxygens (including phenoxy) is 1. The number of hydrogen-bond donors (Lipinski definition) is 2. The van der Waals surface area contributed by atoms with Crippen LogP contribution >= 0.6 is 0 Å². The highest BCUT2D eigenvalue weighted by Gasteiger charge is 2.59. The number of aliphatic carboxylic acids is 1.